The number of ketones is 1. The number of aryl methyl sites for hydroxylation is 1. The van der Waals surface area contributed by atoms with E-state index in [1.807, 2.05) is 32.8 Å². The molecule has 322 valence electrons. The Morgan fingerprint density at radius 2 is 1.55 bits per heavy atom. The van der Waals surface area contributed by atoms with Gasteiger partial charge in [-0.3, -0.25) is 19.2 Å². The second-order valence-electron chi connectivity index (χ2n) is 22.2. The van der Waals surface area contributed by atoms with Crippen molar-refractivity contribution in [2.45, 2.75) is 146 Å². The lowest BCUT2D eigenvalue weighted by Crippen LogP contribution is -2.66. The predicted octanol–water partition coefficient (Wildman–Crippen LogP) is 8.41. The van der Waals surface area contributed by atoms with Crippen LogP contribution in [0.4, 0.5) is 0 Å². The Morgan fingerprint density at radius 3 is 2.16 bits per heavy atom. The van der Waals surface area contributed by atoms with Gasteiger partial charge < -0.3 is 24.1 Å². The van der Waals surface area contributed by atoms with Crippen molar-refractivity contribution in [2.24, 2.45) is 68.0 Å². The second-order valence-corrected chi connectivity index (χ2v) is 22.2. The number of esters is 1. The Bertz CT molecular complexity index is 1860. The van der Waals surface area contributed by atoms with Gasteiger partial charge in [-0.25, -0.2) is 0 Å². The minimum absolute atomic E-state index is 0.0130. The van der Waals surface area contributed by atoms with Crippen molar-refractivity contribution < 1.29 is 33.4 Å². The molecule has 1 aromatic rings. The number of hydrogen-bond donors (Lipinski definition) is 1. The van der Waals surface area contributed by atoms with Gasteiger partial charge >= 0.3 is 23.7 Å². The molecule has 0 aromatic carbocycles. The minimum Gasteiger partial charge on any atom is -0.481 e. The number of ether oxygens (including phenoxy) is 1. The lowest BCUT2D eigenvalue weighted by molar-refractivity contribution is -0.236. The third kappa shape index (κ3) is 6.43. The van der Waals surface area contributed by atoms with E-state index in [9.17, 15) is 24.3 Å². The first-order valence-corrected chi connectivity index (χ1v) is 22.4. The minimum atomic E-state index is -0.831. The van der Waals surface area contributed by atoms with Crippen LogP contribution in [-0.2, 0) is 19.1 Å². The highest BCUT2D eigenvalue weighted by Crippen LogP contribution is 2.77. The van der Waals surface area contributed by atoms with Crippen LogP contribution in [0.15, 0.2) is 15.6 Å². The van der Waals surface area contributed by atoms with Crippen LogP contribution in [0.25, 0.3) is 0 Å². The number of hydrogen-bond acceptors (Lipinski definition) is 9. The Hall–Kier alpha value is -3.08. The molecule has 0 bridgehead atoms. The topological polar surface area (TPSA) is 143 Å². The fourth-order valence-corrected chi connectivity index (χ4v) is 14.7. The third-order valence-electron chi connectivity index (χ3n) is 18.3. The molecule has 1 aromatic heterocycles. The van der Waals surface area contributed by atoms with Gasteiger partial charge in [0.1, 0.15) is 6.10 Å². The number of aromatic nitrogens is 2. The van der Waals surface area contributed by atoms with Crippen LogP contribution in [-0.4, -0.2) is 88.6 Å². The molecule has 0 aliphatic heterocycles. The van der Waals surface area contributed by atoms with Crippen LogP contribution in [0.1, 0.15) is 150 Å². The molecule has 11 nitrogen and oxygen atoms in total. The molecule has 5 saturated carbocycles. The van der Waals surface area contributed by atoms with E-state index < -0.39 is 17.3 Å². The number of carboxylic acid groups (broad SMARTS) is 1. The highest BCUT2D eigenvalue weighted by atomic mass is 16.5. The summed E-state index contributed by atoms with van der Waals surface area (Å²) in [5.74, 6) is -0.177. The van der Waals surface area contributed by atoms with E-state index in [1.54, 1.807) is 6.92 Å². The van der Waals surface area contributed by atoms with E-state index in [0.29, 0.717) is 61.9 Å². The summed E-state index contributed by atoms with van der Waals surface area (Å²) in [4.78, 5) is 57.5. The summed E-state index contributed by atoms with van der Waals surface area (Å²) in [5, 5.41) is 17.7. The Morgan fingerprint density at radius 1 is 0.845 bits per heavy atom. The summed E-state index contributed by atoms with van der Waals surface area (Å²) >= 11 is 0. The molecule has 1 N–H and O–H groups in total. The molecular formula is C47H72N4O7. The van der Waals surface area contributed by atoms with Gasteiger partial charge in [0.05, 0.1) is 11.8 Å². The third-order valence-corrected chi connectivity index (χ3v) is 18.3. The molecule has 1 heterocycles. The molecule has 6 aliphatic carbocycles. The normalized spacial score (nSPS) is 38.7. The number of aliphatic carboxylic acids is 1. The fourth-order valence-electron chi connectivity index (χ4n) is 14.7. The Balaban J connectivity index is 1.14. The molecule has 0 unspecified atom stereocenters. The van der Waals surface area contributed by atoms with Crippen LogP contribution in [0.3, 0.4) is 0 Å². The van der Waals surface area contributed by atoms with Crippen molar-refractivity contribution in [3.05, 3.63) is 22.9 Å². The number of fused-ring (bicyclic) bond motifs is 7. The van der Waals surface area contributed by atoms with Gasteiger partial charge in [0.15, 0.2) is 5.78 Å². The number of Topliss-reactive ketones (excluding diaryl/α,β-unsaturated/α-hetero) is 1. The van der Waals surface area contributed by atoms with Gasteiger partial charge in [-0.1, -0.05) is 67.9 Å². The highest BCUT2D eigenvalue weighted by molar-refractivity contribution is 6.00. The lowest BCUT2D eigenvalue weighted by Gasteiger charge is -2.72. The molecule has 6 aliphatic rings. The van der Waals surface area contributed by atoms with Crippen molar-refractivity contribution in [1.29, 1.82) is 0 Å². The number of carbonyl (C=O) groups is 4. The zero-order valence-corrected chi connectivity index (χ0v) is 37.6. The number of amides is 1. The molecule has 1 amide bonds. The largest absolute Gasteiger partial charge is 0.481 e. The maximum atomic E-state index is 14.3. The predicted molar refractivity (Wildman–Crippen MR) is 220 cm³/mol. The van der Waals surface area contributed by atoms with Gasteiger partial charge in [0.2, 0.25) is 5.89 Å². The molecule has 7 rings (SSSR count). The van der Waals surface area contributed by atoms with Crippen LogP contribution in [0, 0.1) is 74.9 Å². The number of likely N-dealkylation sites (N-methyl/N-ethyl adjacent to an activating group) is 1. The highest BCUT2D eigenvalue weighted by Gasteiger charge is 2.70. The summed E-state index contributed by atoms with van der Waals surface area (Å²) in [6.45, 7) is 24.0. The number of carbonyl (C=O) groups excluding carboxylic acids is 3. The fraction of sp³-hybridized carbons (Fsp3) is 0.830. The molecule has 10 atom stereocenters. The van der Waals surface area contributed by atoms with Crippen molar-refractivity contribution in [3.8, 4) is 0 Å². The molecule has 5 fully saturated rings. The van der Waals surface area contributed by atoms with E-state index >= 15 is 0 Å². The summed E-state index contributed by atoms with van der Waals surface area (Å²) in [5.41, 5.74) is 1.54. The monoisotopic (exact) mass is 805 g/mol. The van der Waals surface area contributed by atoms with Crippen LogP contribution in [0.5, 0.6) is 0 Å². The average molecular weight is 805 g/mol. The smallest absolute Gasteiger partial charge is 0.311 e. The molecule has 0 radical (unpaired) electrons. The molecule has 58 heavy (non-hydrogen) atoms. The van der Waals surface area contributed by atoms with Crippen molar-refractivity contribution in [2.75, 3.05) is 33.7 Å². The molecule has 11 heteroatoms. The van der Waals surface area contributed by atoms with E-state index in [2.05, 4.69) is 63.6 Å². The standard InChI is InChI=1S/C47H72N4O7/c1-27(2)36-32(52)26-47(21-22-51(24-23-50(11)12)39(53)38-49-48-28(3)57-38)20-19-45(9)29(37(36)47)13-14-34-44(8)17-16-35(43(6,7)33(44)15-18-46(34,45)10)58-41(56)31-25-30(40(54)55)42(31,4)5/h27,29-31,33-35H,13-26H2,1-12H3,(H,54,55)/t29-,30+,31-,33+,34-,35+,44+,45-,46-,47-/m1/s1. The summed E-state index contributed by atoms with van der Waals surface area (Å²) in [6.07, 6.45) is 9.60. The first-order valence-electron chi connectivity index (χ1n) is 22.4. The lowest BCUT2D eigenvalue weighted by atomic mass is 9.33. The molecular weight excluding hydrogens is 733 g/mol. The quantitative estimate of drug-likeness (QED) is 0.217. The summed E-state index contributed by atoms with van der Waals surface area (Å²) < 4.78 is 12.0. The summed E-state index contributed by atoms with van der Waals surface area (Å²) in [7, 11) is 4.02. The zero-order valence-electron chi connectivity index (χ0n) is 37.6. The van der Waals surface area contributed by atoms with Crippen molar-refractivity contribution >= 4 is 23.6 Å². The SMILES string of the molecule is Cc1nnc(C(=O)N(CCN(C)C)CC[C@@]23CC[C@]4(C)[C@H](CC[C@@H]5[C@@]6(C)CC[C@H](OC(=O)[C@H]7C[C@@H](C(=O)O)C7(C)C)C(C)(C)[C@@H]6CC[C@]54C)C2=C(C(C)C)C(=O)C3)o1. The van der Waals surface area contributed by atoms with E-state index in [1.165, 1.54) is 5.57 Å². The van der Waals surface area contributed by atoms with Crippen molar-refractivity contribution in [1.82, 2.24) is 20.0 Å². The number of rotatable bonds is 11. The number of nitrogens with zero attached hydrogens (tertiary/aromatic N) is 4. The molecule has 0 spiro atoms. The van der Waals surface area contributed by atoms with Crippen molar-refractivity contribution in [3.63, 3.8) is 0 Å². The van der Waals surface area contributed by atoms with Crippen LogP contribution in [0.2, 0.25) is 0 Å². The van der Waals surface area contributed by atoms with Gasteiger partial charge in [0.25, 0.3) is 0 Å². The van der Waals surface area contributed by atoms with Gasteiger partial charge in [-0.2, -0.15) is 0 Å². The van der Waals surface area contributed by atoms with Crippen LogP contribution >= 0.6 is 0 Å². The number of allylic oxidation sites excluding steroid dienone is 2. The van der Waals surface area contributed by atoms with Gasteiger partial charge in [0, 0.05) is 43.8 Å². The first-order chi connectivity index (χ1) is 26.9. The van der Waals surface area contributed by atoms with Gasteiger partial charge in [-0.05, 0) is 129 Å². The molecule has 0 saturated heterocycles. The zero-order chi connectivity index (χ0) is 42.5. The van der Waals surface area contributed by atoms with Crippen LogP contribution < -0.4 is 0 Å². The summed E-state index contributed by atoms with van der Waals surface area (Å²) in [6, 6.07) is 0. The Kier molecular flexibility index (Phi) is 10.8. The van der Waals surface area contributed by atoms with E-state index in [0.717, 1.165) is 63.4 Å². The first kappa shape index (κ1) is 43.0. The van der Waals surface area contributed by atoms with E-state index in [-0.39, 0.29) is 62.8 Å². The average Bonchev–Trinajstić information content (AvgIpc) is 3.69. The van der Waals surface area contributed by atoms with E-state index in [4.69, 9.17) is 9.15 Å². The Labute approximate surface area is 346 Å². The number of carboxylic acids is 1. The maximum Gasteiger partial charge on any atom is 0.311 e. The van der Waals surface area contributed by atoms with Gasteiger partial charge in [-0.15, -0.1) is 10.2 Å². The second kappa shape index (κ2) is 14.5. The maximum absolute atomic E-state index is 14.3.